The average molecular weight is 150 g/mol. The zero-order chi connectivity index (χ0) is 7.94. The van der Waals surface area contributed by atoms with Gasteiger partial charge in [-0.3, -0.25) is 0 Å². The van der Waals surface area contributed by atoms with Gasteiger partial charge < -0.3 is 9.47 Å². The van der Waals surface area contributed by atoms with Crippen molar-refractivity contribution >= 4 is 0 Å². The van der Waals surface area contributed by atoms with Crippen LogP contribution < -0.4 is 0 Å². The monoisotopic (exact) mass is 150 g/mol. The molecule has 1 fully saturated rings. The highest BCUT2D eigenvalue weighted by molar-refractivity contribution is 5.07. The molecule has 0 spiro atoms. The number of hydrogen-bond acceptors (Lipinski definition) is 2. The number of hydrogen-bond donors (Lipinski definition) is 0. The molecule has 1 heterocycles. The van der Waals surface area contributed by atoms with Crippen molar-refractivity contribution in [3.8, 4) is 24.2 Å². The summed E-state index contributed by atoms with van der Waals surface area (Å²) in [5.41, 5.74) is 0. The van der Waals surface area contributed by atoms with E-state index in [2.05, 4.69) is 17.8 Å². The largest absolute Gasteiger partial charge is 0.371 e. The molecular formula is C9H10O2. The third-order valence-electron chi connectivity index (χ3n) is 1.20. The van der Waals surface area contributed by atoms with Crippen LogP contribution in [0, 0.1) is 24.2 Å². The smallest absolute Gasteiger partial charge is 0.107 e. The lowest BCUT2D eigenvalue weighted by Crippen LogP contribution is -2.00. The lowest BCUT2D eigenvalue weighted by molar-refractivity contribution is 0.145. The van der Waals surface area contributed by atoms with E-state index in [4.69, 9.17) is 15.9 Å². The predicted molar refractivity (Wildman–Crippen MR) is 41.8 cm³/mol. The van der Waals surface area contributed by atoms with E-state index < -0.39 is 0 Å². The fourth-order valence-corrected chi connectivity index (χ4v) is 0.570. The van der Waals surface area contributed by atoms with Gasteiger partial charge in [0.15, 0.2) is 0 Å². The van der Waals surface area contributed by atoms with Gasteiger partial charge >= 0.3 is 0 Å². The molecule has 1 aliphatic heterocycles. The van der Waals surface area contributed by atoms with Crippen LogP contribution in [0.25, 0.3) is 0 Å². The Bertz CT molecular complexity index is 200. The molecular weight excluding hydrogens is 140 g/mol. The van der Waals surface area contributed by atoms with E-state index in [1.165, 1.54) is 0 Å². The van der Waals surface area contributed by atoms with Gasteiger partial charge in [-0.05, 0) is 0 Å². The summed E-state index contributed by atoms with van der Waals surface area (Å²) in [6.07, 6.45) is 5.81. The fraction of sp³-hybridized carbons (Fsp3) is 0.556. The van der Waals surface area contributed by atoms with E-state index in [-0.39, 0.29) is 0 Å². The molecule has 0 aromatic heterocycles. The Hall–Kier alpha value is -0.960. The van der Waals surface area contributed by atoms with Gasteiger partial charge in [-0.25, -0.2) is 0 Å². The summed E-state index contributed by atoms with van der Waals surface area (Å²) in [5.74, 6) is 8.00. The number of ether oxygens (including phenoxy) is 2. The van der Waals surface area contributed by atoms with Crippen LogP contribution in [0.4, 0.5) is 0 Å². The maximum Gasteiger partial charge on any atom is 0.107 e. The fourth-order valence-electron chi connectivity index (χ4n) is 0.570. The molecule has 0 saturated carbocycles. The number of epoxide rings is 1. The van der Waals surface area contributed by atoms with Crippen LogP contribution >= 0.6 is 0 Å². The molecule has 0 bridgehead atoms. The van der Waals surface area contributed by atoms with Crippen molar-refractivity contribution in [3.05, 3.63) is 0 Å². The third kappa shape index (κ3) is 4.44. The first-order chi connectivity index (χ1) is 5.43. The Labute approximate surface area is 66.9 Å². The van der Waals surface area contributed by atoms with Crippen molar-refractivity contribution in [2.24, 2.45) is 0 Å². The van der Waals surface area contributed by atoms with Gasteiger partial charge in [0.2, 0.25) is 0 Å². The van der Waals surface area contributed by atoms with Gasteiger partial charge in [0.1, 0.15) is 12.7 Å². The Kier molecular flexibility index (Phi) is 3.55. The first-order valence-electron chi connectivity index (χ1n) is 3.52. The summed E-state index contributed by atoms with van der Waals surface area (Å²) in [4.78, 5) is 0. The van der Waals surface area contributed by atoms with Gasteiger partial charge in [0.05, 0.1) is 19.6 Å². The molecule has 0 radical (unpaired) electrons. The van der Waals surface area contributed by atoms with Crippen LogP contribution in [-0.2, 0) is 9.47 Å². The lowest BCUT2D eigenvalue weighted by Gasteiger charge is -1.92. The molecule has 1 rings (SSSR count). The van der Waals surface area contributed by atoms with Gasteiger partial charge in [-0.15, -0.1) is 6.42 Å². The van der Waals surface area contributed by atoms with Crippen molar-refractivity contribution in [2.45, 2.75) is 12.5 Å². The van der Waals surface area contributed by atoms with Crippen LogP contribution in [0.5, 0.6) is 0 Å². The van der Waals surface area contributed by atoms with E-state index in [0.717, 1.165) is 6.61 Å². The highest BCUT2D eigenvalue weighted by atomic mass is 16.6. The topological polar surface area (TPSA) is 21.8 Å². The van der Waals surface area contributed by atoms with Gasteiger partial charge in [0.25, 0.3) is 0 Å². The Morgan fingerprint density at radius 2 is 2.36 bits per heavy atom. The second kappa shape index (κ2) is 4.79. The Morgan fingerprint density at radius 1 is 1.55 bits per heavy atom. The summed E-state index contributed by atoms with van der Waals surface area (Å²) in [6.45, 7) is 1.95. The van der Waals surface area contributed by atoms with Crippen molar-refractivity contribution in [2.75, 3.05) is 19.8 Å². The SMILES string of the molecule is C#CCC#CCOCC1CO1. The molecule has 11 heavy (non-hydrogen) atoms. The molecule has 0 N–H and O–H groups in total. The molecule has 2 nitrogen and oxygen atoms in total. The number of rotatable bonds is 3. The Balaban J connectivity index is 1.87. The minimum Gasteiger partial charge on any atom is -0.371 e. The van der Waals surface area contributed by atoms with E-state index in [9.17, 15) is 0 Å². The highest BCUT2D eigenvalue weighted by Gasteiger charge is 2.21. The van der Waals surface area contributed by atoms with E-state index in [1.807, 2.05) is 0 Å². The van der Waals surface area contributed by atoms with Crippen molar-refractivity contribution in [1.82, 2.24) is 0 Å². The zero-order valence-corrected chi connectivity index (χ0v) is 6.30. The van der Waals surface area contributed by atoms with Crippen LogP contribution in [0.2, 0.25) is 0 Å². The molecule has 1 aliphatic rings. The molecule has 2 heteroatoms. The quantitative estimate of drug-likeness (QED) is 0.330. The zero-order valence-electron chi connectivity index (χ0n) is 6.30. The highest BCUT2D eigenvalue weighted by Crippen LogP contribution is 2.07. The number of terminal acetylenes is 1. The van der Waals surface area contributed by atoms with Crippen LogP contribution in [-0.4, -0.2) is 25.9 Å². The Morgan fingerprint density at radius 3 is 3.00 bits per heavy atom. The summed E-state index contributed by atoms with van der Waals surface area (Å²) in [5, 5.41) is 0. The van der Waals surface area contributed by atoms with E-state index >= 15 is 0 Å². The average Bonchev–Trinajstić information content (AvgIpc) is 2.80. The molecule has 0 amide bonds. The standard InChI is InChI=1S/C9H10O2/c1-2-3-4-5-6-10-7-9-8-11-9/h1,9H,3,6-8H2. The first-order valence-corrected chi connectivity index (χ1v) is 3.52. The lowest BCUT2D eigenvalue weighted by atomic mass is 10.4. The summed E-state index contributed by atoms with van der Waals surface area (Å²) < 4.78 is 10.1. The summed E-state index contributed by atoms with van der Waals surface area (Å²) in [6, 6.07) is 0. The molecule has 1 atom stereocenters. The van der Waals surface area contributed by atoms with Gasteiger partial charge in [-0.1, -0.05) is 17.8 Å². The second-order valence-corrected chi connectivity index (χ2v) is 2.20. The maximum atomic E-state index is 5.14. The minimum atomic E-state index is 0.324. The van der Waals surface area contributed by atoms with E-state index in [1.54, 1.807) is 0 Å². The van der Waals surface area contributed by atoms with Crippen molar-refractivity contribution in [3.63, 3.8) is 0 Å². The molecule has 1 unspecified atom stereocenters. The van der Waals surface area contributed by atoms with Crippen LogP contribution in [0.15, 0.2) is 0 Å². The van der Waals surface area contributed by atoms with Crippen molar-refractivity contribution < 1.29 is 9.47 Å². The van der Waals surface area contributed by atoms with Crippen LogP contribution in [0.1, 0.15) is 6.42 Å². The third-order valence-corrected chi connectivity index (χ3v) is 1.20. The summed E-state index contributed by atoms with van der Waals surface area (Å²) in [7, 11) is 0. The second-order valence-electron chi connectivity index (χ2n) is 2.20. The first kappa shape index (κ1) is 8.14. The molecule has 58 valence electrons. The molecule has 0 aromatic carbocycles. The van der Waals surface area contributed by atoms with Crippen LogP contribution in [0.3, 0.4) is 0 Å². The maximum absolute atomic E-state index is 5.14. The van der Waals surface area contributed by atoms with Gasteiger partial charge in [0, 0.05) is 0 Å². The van der Waals surface area contributed by atoms with Gasteiger partial charge in [-0.2, -0.15) is 0 Å². The molecule has 0 aromatic rings. The normalized spacial score (nSPS) is 19.7. The molecule has 1 saturated heterocycles. The molecule has 0 aliphatic carbocycles. The van der Waals surface area contributed by atoms with E-state index in [0.29, 0.717) is 25.7 Å². The summed E-state index contributed by atoms with van der Waals surface area (Å²) >= 11 is 0. The predicted octanol–water partition coefficient (Wildman–Crippen LogP) is 0.428. The van der Waals surface area contributed by atoms with Crippen molar-refractivity contribution in [1.29, 1.82) is 0 Å². The minimum absolute atomic E-state index is 0.324.